The molecule has 0 aliphatic carbocycles. The summed E-state index contributed by atoms with van der Waals surface area (Å²) in [5, 5.41) is 0. The number of methoxy groups -OCH3 is 1. The van der Waals surface area contributed by atoms with Gasteiger partial charge in [0.2, 0.25) is 0 Å². The molecular formula is C13H21NO3. The van der Waals surface area contributed by atoms with Crippen LogP contribution in [0.15, 0.2) is 24.3 Å². The number of benzene rings is 1. The van der Waals surface area contributed by atoms with E-state index in [-0.39, 0.29) is 0 Å². The number of hydrogen-bond acceptors (Lipinski definition) is 4. The zero-order chi connectivity index (χ0) is 12.3. The Morgan fingerprint density at radius 2 is 2.00 bits per heavy atom. The van der Waals surface area contributed by atoms with Gasteiger partial charge in [-0.15, -0.1) is 0 Å². The standard InChI is InChI=1S/C13H21NO3/c1-15-6-3-7-16-8-9-17-13-5-2-4-12(10-13)11-14/h2,4-5,10H,3,6-9,11,14H2,1H3. The van der Waals surface area contributed by atoms with Crippen molar-refractivity contribution >= 4 is 0 Å². The van der Waals surface area contributed by atoms with Crippen molar-refractivity contribution in [1.29, 1.82) is 0 Å². The molecule has 0 unspecified atom stereocenters. The Bertz CT molecular complexity index is 304. The molecule has 0 amide bonds. The zero-order valence-electron chi connectivity index (χ0n) is 10.4. The van der Waals surface area contributed by atoms with E-state index in [4.69, 9.17) is 19.9 Å². The van der Waals surface area contributed by atoms with E-state index in [0.717, 1.165) is 24.3 Å². The Hall–Kier alpha value is -1.10. The van der Waals surface area contributed by atoms with Gasteiger partial charge in [-0.2, -0.15) is 0 Å². The molecule has 1 aromatic rings. The Kier molecular flexibility index (Phi) is 7.38. The number of hydrogen-bond donors (Lipinski definition) is 1. The minimum absolute atomic E-state index is 0.532. The van der Waals surface area contributed by atoms with E-state index < -0.39 is 0 Å². The summed E-state index contributed by atoms with van der Waals surface area (Å²) in [6.07, 6.45) is 0.916. The van der Waals surface area contributed by atoms with Crippen LogP contribution in [0.1, 0.15) is 12.0 Å². The van der Waals surface area contributed by atoms with E-state index >= 15 is 0 Å². The number of ether oxygens (including phenoxy) is 3. The lowest BCUT2D eigenvalue weighted by molar-refractivity contribution is 0.0806. The van der Waals surface area contributed by atoms with Crippen molar-refractivity contribution in [3.05, 3.63) is 29.8 Å². The van der Waals surface area contributed by atoms with Crippen LogP contribution in [0.4, 0.5) is 0 Å². The molecule has 1 rings (SSSR count). The molecule has 0 fully saturated rings. The summed E-state index contributed by atoms with van der Waals surface area (Å²) < 4.78 is 15.8. The molecule has 0 heterocycles. The lowest BCUT2D eigenvalue weighted by atomic mass is 10.2. The van der Waals surface area contributed by atoms with E-state index in [1.807, 2.05) is 24.3 Å². The molecule has 0 bridgehead atoms. The third-order valence-corrected chi connectivity index (χ3v) is 2.27. The van der Waals surface area contributed by atoms with E-state index in [0.29, 0.717) is 26.4 Å². The summed E-state index contributed by atoms with van der Waals surface area (Å²) >= 11 is 0. The Morgan fingerprint density at radius 3 is 2.76 bits per heavy atom. The predicted molar refractivity (Wildman–Crippen MR) is 67.1 cm³/mol. The topological polar surface area (TPSA) is 53.7 Å². The van der Waals surface area contributed by atoms with Gasteiger partial charge in [0.15, 0.2) is 0 Å². The maximum absolute atomic E-state index is 5.55. The van der Waals surface area contributed by atoms with Gasteiger partial charge in [-0.25, -0.2) is 0 Å². The molecule has 0 saturated heterocycles. The summed E-state index contributed by atoms with van der Waals surface area (Å²) in [7, 11) is 1.69. The fraction of sp³-hybridized carbons (Fsp3) is 0.538. The Morgan fingerprint density at radius 1 is 1.12 bits per heavy atom. The van der Waals surface area contributed by atoms with Gasteiger partial charge >= 0.3 is 0 Å². The van der Waals surface area contributed by atoms with Crippen LogP contribution >= 0.6 is 0 Å². The van der Waals surface area contributed by atoms with Gasteiger partial charge in [0.1, 0.15) is 12.4 Å². The highest BCUT2D eigenvalue weighted by Gasteiger charge is 1.95. The van der Waals surface area contributed by atoms with Crippen LogP contribution in [0.2, 0.25) is 0 Å². The average molecular weight is 239 g/mol. The Balaban J connectivity index is 2.09. The van der Waals surface area contributed by atoms with Crippen LogP contribution in [-0.4, -0.2) is 33.5 Å². The molecule has 0 spiro atoms. The molecule has 0 radical (unpaired) electrons. The van der Waals surface area contributed by atoms with Gasteiger partial charge in [-0.1, -0.05) is 12.1 Å². The molecule has 0 aliphatic heterocycles. The molecule has 4 heteroatoms. The van der Waals surface area contributed by atoms with Crippen molar-refractivity contribution in [3.63, 3.8) is 0 Å². The van der Waals surface area contributed by atoms with Gasteiger partial charge in [0.25, 0.3) is 0 Å². The summed E-state index contributed by atoms with van der Waals surface area (Å²) in [5.74, 6) is 0.841. The van der Waals surface area contributed by atoms with Crippen LogP contribution in [0.5, 0.6) is 5.75 Å². The summed E-state index contributed by atoms with van der Waals surface area (Å²) in [6.45, 7) is 3.13. The number of rotatable bonds is 9. The van der Waals surface area contributed by atoms with Gasteiger partial charge in [0, 0.05) is 26.9 Å². The first-order chi connectivity index (χ1) is 8.36. The van der Waals surface area contributed by atoms with Crippen molar-refractivity contribution in [2.45, 2.75) is 13.0 Å². The van der Waals surface area contributed by atoms with Crippen molar-refractivity contribution < 1.29 is 14.2 Å². The summed E-state index contributed by atoms with van der Waals surface area (Å²) in [5.41, 5.74) is 6.62. The second kappa shape index (κ2) is 8.98. The predicted octanol–water partition coefficient (Wildman–Crippen LogP) is 1.58. The first-order valence-electron chi connectivity index (χ1n) is 5.85. The fourth-order valence-electron chi connectivity index (χ4n) is 1.39. The van der Waals surface area contributed by atoms with Crippen LogP contribution in [0, 0.1) is 0 Å². The summed E-state index contributed by atoms with van der Waals surface area (Å²) in [4.78, 5) is 0. The van der Waals surface area contributed by atoms with E-state index in [1.165, 1.54) is 0 Å². The highest BCUT2D eigenvalue weighted by atomic mass is 16.5. The Labute approximate surface area is 103 Å². The first-order valence-corrected chi connectivity index (χ1v) is 5.85. The third kappa shape index (κ3) is 6.26. The molecule has 4 nitrogen and oxygen atoms in total. The molecule has 0 atom stereocenters. The SMILES string of the molecule is COCCCOCCOc1cccc(CN)c1. The quantitative estimate of drug-likeness (QED) is 0.665. The summed E-state index contributed by atoms with van der Waals surface area (Å²) in [6, 6.07) is 7.79. The zero-order valence-corrected chi connectivity index (χ0v) is 10.4. The second-order valence-electron chi connectivity index (χ2n) is 3.66. The molecule has 17 heavy (non-hydrogen) atoms. The minimum Gasteiger partial charge on any atom is -0.491 e. The fourth-order valence-corrected chi connectivity index (χ4v) is 1.39. The maximum Gasteiger partial charge on any atom is 0.119 e. The normalized spacial score (nSPS) is 10.5. The monoisotopic (exact) mass is 239 g/mol. The molecule has 0 aromatic heterocycles. The van der Waals surface area contributed by atoms with Crippen LogP contribution in [0.3, 0.4) is 0 Å². The molecule has 0 aliphatic rings. The van der Waals surface area contributed by atoms with Crippen LogP contribution in [-0.2, 0) is 16.0 Å². The smallest absolute Gasteiger partial charge is 0.119 e. The van der Waals surface area contributed by atoms with Gasteiger partial charge in [-0.05, 0) is 24.1 Å². The van der Waals surface area contributed by atoms with Crippen LogP contribution in [0.25, 0.3) is 0 Å². The van der Waals surface area contributed by atoms with Crippen LogP contribution < -0.4 is 10.5 Å². The van der Waals surface area contributed by atoms with E-state index in [2.05, 4.69) is 0 Å². The van der Waals surface area contributed by atoms with E-state index in [9.17, 15) is 0 Å². The van der Waals surface area contributed by atoms with Crippen molar-refractivity contribution in [2.24, 2.45) is 5.73 Å². The average Bonchev–Trinajstić information content (AvgIpc) is 2.38. The highest BCUT2D eigenvalue weighted by molar-refractivity contribution is 5.28. The lowest BCUT2D eigenvalue weighted by Crippen LogP contribution is -2.08. The van der Waals surface area contributed by atoms with Gasteiger partial charge < -0.3 is 19.9 Å². The van der Waals surface area contributed by atoms with Gasteiger partial charge in [-0.3, -0.25) is 0 Å². The molecule has 2 N–H and O–H groups in total. The number of nitrogens with two attached hydrogens (primary N) is 1. The van der Waals surface area contributed by atoms with Crippen molar-refractivity contribution in [3.8, 4) is 5.75 Å². The maximum atomic E-state index is 5.55. The third-order valence-electron chi connectivity index (χ3n) is 2.27. The largest absolute Gasteiger partial charge is 0.491 e. The highest BCUT2D eigenvalue weighted by Crippen LogP contribution is 2.12. The minimum atomic E-state index is 0.532. The lowest BCUT2D eigenvalue weighted by Gasteiger charge is -2.08. The van der Waals surface area contributed by atoms with Crippen molar-refractivity contribution in [2.75, 3.05) is 33.5 Å². The second-order valence-corrected chi connectivity index (χ2v) is 3.66. The molecule has 96 valence electrons. The van der Waals surface area contributed by atoms with Crippen molar-refractivity contribution in [1.82, 2.24) is 0 Å². The first kappa shape index (κ1) is 14.0. The van der Waals surface area contributed by atoms with Gasteiger partial charge in [0.05, 0.1) is 6.61 Å². The van der Waals surface area contributed by atoms with E-state index in [1.54, 1.807) is 7.11 Å². The molecule has 1 aromatic carbocycles. The molecular weight excluding hydrogens is 218 g/mol. The molecule has 0 saturated carbocycles.